The average molecular weight is 345 g/mol. The van der Waals surface area contributed by atoms with Crippen molar-refractivity contribution < 1.29 is 4.79 Å². The molecule has 1 saturated heterocycles. The van der Waals surface area contributed by atoms with Crippen molar-refractivity contribution in [1.29, 1.82) is 0 Å². The van der Waals surface area contributed by atoms with Gasteiger partial charge in [0.15, 0.2) is 5.82 Å². The Morgan fingerprint density at radius 3 is 2.92 bits per heavy atom. The molecule has 1 fully saturated rings. The van der Waals surface area contributed by atoms with E-state index < -0.39 is 0 Å². The van der Waals surface area contributed by atoms with Gasteiger partial charge in [-0.05, 0) is 31.4 Å². The fourth-order valence-corrected chi connectivity index (χ4v) is 3.96. The maximum absolute atomic E-state index is 12.4. The Labute approximate surface area is 146 Å². The molecule has 2 heterocycles. The number of urea groups is 1. The highest BCUT2D eigenvalue weighted by molar-refractivity contribution is 7.99. The molecule has 1 aromatic heterocycles. The zero-order chi connectivity index (χ0) is 16.9. The molecule has 6 nitrogen and oxygen atoms in total. The summed E-state index contributed by atoms with van der Waals surface area (Å²) in [5.74, 6) is 2.36. The molecular weight excluding hydrogens is 322 g/mol. The number of hydrogen-bond acceptors (Lipinski definition) is 4. The Balaban J connectivity index is 1.46. The predicted octanol–water partition coefficient (Wildman–Crippen LogP) is 2.70. The highest BCUT2D eigenvalue weighted by Gasteiger charge is 2.27. The van der Waals surface area contributed by atoms with E-state index in [4.69, 9.17) is 0 Å². The quantitative estimate of drug-likeness (QED) is 0.847. The van der Waals surface area contributed by atoms with Gasteiger partial charge < -0.3 is 14.8 Å². The van der Waals surface area contributed by atoms with Crippen LogP contribution in [0.4, 0.5) is 4.79 Å². The summed E-state index contributed by atoms with van der Waals surface area (Å²) in [6, 6.07) is 10.2. The van der Waals surface area contributed by atoms with E-state index in [-0.39, 0.29) is 12.1 Å². The number of likely N-dealkylation sites (tertiary alicyclic amines) is 1. The molecule has 3 rings (SSSR count). The Hall–Kier alpha value is -2.02. The van der Waals surface area contributed by atoms with E-state index in [1.54, 1.807) is 6.33 Å². The first kappa shape index (κ1) is 16.8. The van der Waals surface area contributed by atoms with Gasteiger partial charge in [0.25, 0.3) is 0 Å². The van der Waals surface area contributed by atoms with Crippen molar-refractivity contribution in [3.05, 3.63) is 42.5 Å². The van der Waals surface area contributed by atoms with E-state index >= 15 is 0 Å². The second kappa shape index (κ2) is 7.70. The summed E-state index contributed by atoms with van der Waals surface area (Å²) >= 11 is 1.87. The van der Waals surface area contributed by atoms with Gasteiger partial charge in [0.2, 0.25) is 0 Å². The number of carbonyl (C=O) groups excluding carboxylic acids is 1. The summed E-state index contributed by atoms with van der Waals surface area (Å²) < 4.78 is 1.83. The van der Waals surface area contributed by atoms with Crippen molar-refractivity contribution in [3.63, 3.8) is 0 Å². The van der Waals surface area contributed by atoms with Crippen molar-refractivity contribution in [2.24, 2.45) is 13.0 Å². The fourth-order valence-electron chi connectivity index (χ4n) is 2.91. The average Bonchev–Trinajstić information content (AvgIpc) is 3.23. The number of hydrogen-bond donors (Lipinski definition) is 1. The Kier molecular flexibility index (Phi) is 5.40. The number of aromatic nitrogens is 3. The maximum atomic E-state index is 12.4. The first-order valence-electron chi connectivity index (χ1n) is 8.20. The van der Waals surface area contributed by atoms with Crippen LogP contribution in [0.3, 0.4) is 0 Å². The number of carbonyl (C=O) groups is 1. The van der Waals surface area contributed by atoms with Gasteiger partial charge in [0, 0.05) is 30.8 Å². The summed E-state index contributed by atoms with van der Waals surface area (Å²) in [6.45, 7) is 3.56. The second-order valence-corrected chi connectivity index (χ2v) is 7.29. The van der Waals surface area contributed by atoms with Crippen LogP contribution in [0.25, 0.3) is 0 Å². The minimum atomic E-state index is -0.150. The summed E-state index contributed by atoms with van der Waals surface area (Å²) in [6.07, 6.45) is 2.70. The molecule has 128 valence electrons. The number of nitrogens with one attached hydrogen (secondary N) is 1. The Morgan fingerprint density at radius 1 is 1.42 bits per heavy atom. The van der Waals surface area contributed by atoms with E-state index in [0.717, 1.165) is 31.1 Å². The van der Waals surface area contributed by atoms with Crippen LogP contribution in [0.1, 0.15) is 25.2 Å². The van der Waals surface area contributed by atoms with E-state index in [0.29, 0.717) is 5.92 Å². The Morgan fingerprint density at radius 2 is 2.21 bits per heavy atom. The van der Waals surface area contributed by atoms with Crippen molar-refractivity contribution in [2.45, 2.75) is 24.3 Å². The van der Waals surface area contributed by atoms with Gasteiger partial charge in [-0.2, -0.15) is 0 Å². The molecular formula is C17H23N5OS. The van der Waals surface area contributed by atoms with Crippen molar-refractivity contribution in [2.75, 3.05) is 18.8 Å². The molecule has 1 N–H and O–H groups in total. The van der Waals surface area contributed by atoms with Gasteiger partial charge in [-0.3, -0.25) is 0 Å². The SMILES string of the molecule is C[C@H](NC(=O)N1CC[C@H](CSc2ccccc2)C1)c1nncn1C. The molecule has 0 saturated carbocycles. The second-order valence-electron chi connectivity index (χ2n) is 6.20. The van der Waals surface area contributed by atoms with E-state index in [2.05, 4.69) is 39.8 Å². The van der Waals surface area contributed by atoms with Crippen LogP contribution in [0.2, 0.25) is 0 Å². The zero-order valence-electron chi connectivity index (χ0n) is 14.1. The maximum Gasteiger partial charge on any atom is 0.317 e. The molecule has 1 aromatic carbocycles. The fraction of sp³-hybridized carbons (Fsp3) is 0.471. The van der Waals surface area contributed by atoms with Gasteiger partial charge in [-0.25, -0.2) is 4.79 Å². The number of nitrogens with zero attached hydrogens (tertiary/aromatic N) is 4. The standard InChI is InChI=1S/C17H23N5OS/c1-13(16-20-18-12-21(16)2)19-17(23)22-9-8-14(10-22)11-24-15-6-4-3-5-7-15/h3-7,12-14H,8-11H2,1-2H3,(H,19,23)/t13-,14-/m0/s1. The van der Waals surface area contributed by atoms with Crippen molar-refractivity contribution in [1.82, 2.24) is 25.0 Å². The number of thioether (sulfide) groups is 1. The summed E-state index contributed by atoms with van der Waals surface area (Å²) in [4.78, 5) is 15.6. The molecule has 0 unspecified atom stereocenters. The van der Waals surface area contributed by atoms with Crippen LogP contribution in [0.5, 0.6) is 0 Å². The van der Waals surface area contributed by atoms with Crippen LogP contribution in [-0.4, -0.2) is 44.5 Å². The number of benzene rings is 1. The molecule has 0 bridgehead atoms. The summed E-state index contributed by atoms with van der Waals surface area (Å²) in [7, 11) is 1.88. The third-order valence-electron chi connectivity index (χ3n) is 4.28. The van der Waals surface area contributed by atoms with Crippen LogP contribution in [0.15, 0.2) is 41.6 Å². The van der Waals surface area contributed by atoms with Crippen LogP contribution < -0.4 is 5.32 Å². The first-order chi connectivity index (χ1) is 11.6. The first-order valence-corrected chi connectivity index (χ1v) is 9.19. The van der Waals surface area contributed by atoms with Crippen LogP contribution >= 0.6 is 11.8 Å². The lowest BCUT2D eigenvalue weighted by Crippen LogP contribution is -2.40. The Bertz CT molecular complexity index is 675. The molecule has 0 spiro atoms. The van der Waals surface area contributed by atoms with Gasteiger partial charge in [0.05, 0.1) is 6.04 Å². The van der Waals surface area contributed by atoms with Gasteiger partial charge >= 0.3 is 6.03 Å². The molecule has 0 aliphatic carbocycles. The predicted molar refractivity (Wildman–Crippen MR) is 94.8 cm³/mol. The third kappa shape index (κ3) is 4.08. The van der Waals surface area contributed by atoms with Gasteiger partial charge in [-0.1, -0.05) is 18.2 Å². The molecule has 2 aromatic rings. The molecule has 7 heteroatoms. The van der Waals surface area contributed by atoms with Gasteiger partial charge in [0.1, 0.15) is 6.33 Å². The number of amides is 2. The number of aryl methyl sites for hydroxylation is 1. The molecule has 2 atom stereocenters. The summed E-state index contributed by atoms with van der Waals surface area (Å²) in [5, 5.41) is 10.9. The topological polar surface area (TPSA) is 63.1 Å². The van der Waals surface area contributed by atoms with Crippen molar-refractivity contribution in [3.8, 4) is 0 Å². The normalized spacial score (nSPS) is 18.6. The molecule has 0 radical (unpaired) electrons. The highest BCUT2D eigenvalue weighted by Crippen LogP contribution is 2.26. The van der Waals surface area contributed by atoms with E-state index in [9.17, 15) is 4.79 Å². The minimum Gasteiger partial charge on any atom is -0.328 e. The van der Waals surface area contributed by atoms with Crippen LogP contribution in [-0.2, 0) is 7.05 Å². The molecule has 24 heavy (non-hydrogen) atoms. The summed E-state index contributed by atoms with van der Waals surface area (Å²) in [5.41, 5.74) is 0. The lowest BCUT2D eigenvalue weighted by atomic mass is 10.2. The molecule has 1 aliphatic rings. The molecule has 2 amide bonds. The van der Waals surface area contributed by atoms with Crippen LogP contribution in [0, 0.1) is 5.92 Å². The zero-order valence-corrected chi connectivity index (χ0v) is 14.9. The number of rotatable bonds is 5. The van der Waals surface area contributed by atoms with Crippen molar-refractivity contribution >= 4 is 17.8 Å². The monoisotopic (exact) mass is 345 g/mol. The lowest BCUT2D eigenvalue weighted by molar-refractivity contribution is 0.203. The third-order valence-corrected chi connectivity index (χ3v) is 5.52. The van der Waals surface area contributed by atoms with Gasteiger partial charge in [-0.15, -0.1) is 22.0 Å². The minimum absolute atomic E-state index is 0.0160. The van der Waals surface area contributed by atoms with E-state index in [1.807, 2.05) is 41.3 Å². The van der Waals surface area contributed by atoms with E-state index in [1.165, 1.54) is 4.90 Å². The highest BCUT2D eigenvalue weighted by atomic mass is 32.2. The smallest absolute Gasteiger partial charge is 0.317 e. The molecule has 1 aliphatic heterocycles. The largest absolute Gasteiger partial charge is 0.328 e. The lowest BCUT2D eigenvalue weighted by Gasteiger charge is -2.20.